The number of hydrogen-bond acceptors (Lipinski definition) is 8. The number of ether oxygens (including phenoxy) is 2. The number of aliphatic hydroxyl groups excluding tert-OH is 1. The number of aromatic carboxylic acids is 1. The molecule has 0 unspecified atom stereocenters. The van der Waals surface area contributed by atoms with Crippen molar-refractivity contribution in [2.24, 2.45) is 5.92 Å². The van der Waals surface area contributed by atoms with E-state index < -0.39 is 12.3 Å². The predicted octanol–water partition coefficient (Wildman–Crippen LogP) is 6.84. The third-order valence-electron chi connectivity index (χ3n) is 8.95. The molecule has 4 aromatic rings. The summed E-state index contributed by atoms with van der Waals surface area (Å²) in [6.07, 6.45) is 3.22. The lowest BCUT2D eigenvalue weighted by molar-refractivity contribution is -0.268. The minimum Gasteiger partial charge on any atom is -0.478 e. The molecule has 0 radical (unpaired) electrons. The summed E-state index contributed by atoms with van der Waals surface area (Å²) in [5, 5.41) is 25.5. The summed E-state index contributed by atoms with van der Waals surface area (Å²) < 4.78 is 13.2. The average Bonchev–Trinajstić information content (AvgIpc) is 3.15. The highest BCUT2D eigenvalue weighted by Gasteiger charge is 2.38. The van der Waals surface area contributed by atoms with E-state index >= 15 is 0 Å². The first-order chi connectivity index (χ1) is 24.7. The number of thioether (sulfide) groups is 1. The molecule has 5 rings (SSSR count). The van der Waals surface area contributed by atoms with E-state index in [2.05, 4.69) is 22.5 Å². The number of aromatic nitrogens is 1. The molecule has 1 aliphatic rings. The molecule has 0 aliphatic carbocycles. The topological polar surface area (TPSA) is 147 Å². The molecule has 1 aromatic heterocycles. The summed E-state index contributed by atoms with van der Waals surface area (Å²) in [5.41, 5.74) is 5.77. The van der Waals surface area contributed by atoms with Crippen molar-refractivity contribution >= 4 is 29.5 Å². The molecule has 0 bridgehead atoms. The van der Waals surface area contributed by atoms with Gasteiger partial charge in [0.15, 0.2) is 6.29 Å². The van der Waals surface area contributed by atoms with Crippen molar-refractivity contribution in [2.75, 3.05) is 12.3 Å². The number of carboxylic acids is 1. The Hall–Kier alpha value is -4.55. The number of nitrogens with one attached hydrogen (secondary N) is 2. The molecule has 1 aliphatic heterocycles. The molecule has 268 valence electrons. The Bertz CT molecular complexity index is 1770. The van der Waals surface area contributed by atoms with Crippen molar-refractivity contribution in [3.63, 3.8) is 0 Å². The number of benzene rings is 3. The molecular formula is C40H45N3O7S. The van der Waals surface area contributed by atoms with Crippen LogP contribution >= 0.6 is 11.8 Å². The number of pyridine rings is 1. The molecule has 11 heteroatoms. The monoisotopic (exact) mass is 711 g/mol. The third kappa shape index (κ3) is 10.5. The van der Waals surface area contributed by atoms with Crippen LogP contribution in [0.1, 0.15) is 84.5 Å². The lowest BCUT2D eigenvalue weighted by Gasteiger charge is -2.41. The van der Waals surface area contributed by atoms with Crippen molar-refractivity contribution in [3.05, 3.63) is 119 Å². The zero-order valence-corrected chi connectivity index (χ0v) is 29.7. The van der Waals surface area contributed by atoms with E-state index in [1.54, 1.807) is 18.3 Å². The minimum absolute atomic E-state index is 0.00370. The Morgan fingerprint density at radius 2 is 1.61 bits per heavy atom. The van der Waals surface area contributed by atoms with Gasteiger partial charge < -0.3 is 30.3 Å². The van der Waals surface area contributed by atoms with Crippen molar-refractivity contribution in [1.29, 1.82) is 0 Å². The fraction of sp³-hybridized carbons (Fsp3) is 0.350. The fourth-order valence-corrected chi connectivity index (χ4v) is 7.20. The molecule has 0 spiro atoms. The highest BCUT2D eigenvalue weighted by atomic mass is 32.2. The Morgan fingerprint density at radius 3 is 2.33 bits per heavy atom. The maximum Gasteiger partial charge on any atom is 0.338 e. The smallest absolute Gasteiger partial charge is 0.338 e. The lowest BCUT2D eigenvalue weighted by atomic mass is 9.91. The third-order valence-corrected chi connectivity index (χ3v) is 10.0. The van der Waals surface area contributed by atoms with E-state index in [-0.39, 0.29) is 42.1 Å². The van der Waals surface area contributed by atoms with Crippen LogP contribution in [0, 0.1) is 5.92 Å². The molecule has 2 amide bonds. The first-order valence-corrected chi connectivity index (χ1v) is 18.2. The first kappa shape index (κ1) is 37.7. The van der Waals surface area contributed by atoms with Gasteiger partial charge in [-0.1, -0.05) is 86.1 Å². The van der Waals surface area contributed by atoms with E-state index in [1.807, 2.05) is 72.8 Å². The SMILES string of the molecule is CC(=O)NCCCCCC(=O)NCc1ccccc1-c1ccc([C@H]2O[C@@H](CSc3ncccc3C(=O)O)[C@@H](C)[C@@H](c3ccc(CO)cc3)O2)cc1. The van der Waals surface area contributed by atoms with E-state index in [1.165, 1.54) is 18.7 Å². The summed E-state index contributed by atoms with van der Waals surface area (Å²) >= 11 is 1.35. The van der Waals surface area contributed by atoms with E-state index in [0.717, 1.165) is 52.6 Å². The van der Waals surface area contributed by atoms with Gasteiger partial charge in [-0.3, -0.25) is 9.59 Å². The van der Waals surface area contributed by atoms with Gasteiger partial charge in [-0.2, -0.15) is 0 Å². The molecule has 0 saturated carbocycles. The molecule has 10 nitrogen and oxygen atoms in total. The molecule has 3 aromatic carbocycles. The van der Waals surface area contributed by atoms with Gasteiger partial charge in [0.2, 0.25) is 11.8 Å². The molecule has 51 heavy (non-hydrogen) atoms. The lowest BCUT2D eigenvalue weighted by Crippen LogP contribution is -2.38. The summed E-state index contributed by atoms with van der Waals surface area (Å²) in [7, 11) is 0. The van der Waals surface area contributed by atoms with Gasteiger partial charge >= 0.3 is 5.97 Å². The van der Waals surface area contributed by atoms with Gasteiger partial charge in [-0.25, -0.2) is 9.78 Å². The molecule has 2 heterocycles. The van der Waals surface area contributed by atoms with Gasteiger partial charge in [-0.05, 0) is 52.8 Å². The summed E-state index contributed by atoms with van der Waals surface area (Å²) in [4.78, 5) is 39.7. The molecule has 4 atom stereocenters. The molecular weight excluding hydrogens is 667 g/mol. The second-order valence-electron chi connectivity index (χ2n) is 12.6. The van der Waals surface area contributed by atoms with Crippen LogP contribution in [-0.4, -0.2) is 51.4 Å². The summed E-state index contributed by atoms with van der Waals surface area (Å²) in [6, 6.07) is 26.9. The highest BCUT2D eigenvalue weighted by Crippen LogP contribution is 2.43. The van der Waals surface area contributed by atoms with Crippen molar-refractivity contribution in [3.8, 4) is 11.1 Å². The van der Waals surface area contributed by atoms with E-state index in [9.17, 15) is 24.6 Å². The number of carbonyl (C=O) groups excluding carboxylic acids is 2. The second kappa shape index (κ2) is 18.6. The zero-order valence-electron chi connectivity index (χ0n) is 28.9. The van der Waals surface area contributed by atoms with Crippen LogP contribution in [0.5, 0.6) is 0 Å². The van der Waals surface area contributed by atoms with Crippen LogP contribution in [0.2, 0.25) is 0 Å². The maximum absolute atomic E-state index is 12.6. The predicted molar refractivity (Wildman–Crippen MR) is 196 cm³/mol. The second-order valence-corrected chi connectivity index (χ2v) is 13.7. The first-order valence-electron chi connectivity index (χ1n) is 17.2. The summed E-state index contributed by atoms with van der Waals surface area (Å²) in [5.74, 6) is -0.674. The van der Waals surface area contributed by atoms with Crippen LogP contribution in [0.3, 0.4) is 0 Å². The Kier molecular flexibility index (Phi) is 13.8. The van der Waals surface area contributed by atoms with E-state index in [0.29, 0.717) is 30.3 Å². The quantitative estimate of drug-likeness (QED) is 0.0725. The van der Waals surface area contributed by atoms with Gasteiger partial charge in [0, 0.05) is 49.9 Å². The van der Waals surface area contributed by atoms with Gasteiger partial charge in [-0.15, -0.1) is 11.8 Å². The largest absolute Gasteiger partial charge is 0.478 e. The fourth-order valence-electron chi connectivity index (χ4n) is 6.05. The van der Waals surface area contributed by atoms with E-state index in [4.69, 9.17) is 9.47 Å². The Labute approximate surface area is 303 Å². The van der Waals surface area contributed by atoms with Crippen molar-refractivity contribution in [2.45, 2.75) is 76.2 Å². The number of carboxylic acid groups (broad SMARTS) is 1. The van der Waals surface area contributed by atoms with Gasteiger partial charge in [0.05, 0.1) is 24.4 Å². The van der Waals surface area contributed by atoms with Crippen LogP contribution in [0.15, 0.2) is 96.2 Å². The van der Waals surface area contributed by atoms with Crippen LogP contribution in [0.4, 0.5) is 0 Å². The number of hydrogen-bond donors (Lipinski definition) is 4. The number of unbranched alkanes of at least 4 members (excludes halogenated alkanes) is 2. The Balaban J connectivity index is 1.28. The number of aliphatic hydroxyl groups is 1. The van der Waals surface area contributed by atoms with Crippen LogP contribution in [-0.2, 0) is 32.2 Å². The Morgan fingerprint density at radius 1 is 0.863 bits per heavy atom. The molecule has 4 N–H and O–H groups in total. The number of rotatable bonds is 16. The molecule has 1 fully saturated rings. The maximum atomic E-state index is 12.6. The van der Waals surface area contributed by atoms with Crippen LogP contribution in [0.25, 0.3) is 11.1 Å². The summed E-state index contributed by atoms with van der Waals surface area (Å²) in [6.45, 7) is 4.55. The van der Waals surface area contributed by atoms with Crippen molar-refractivity contribution in [1.82, 2.24) is 15.6 Å². The minimum atomic E-state index is -1.03. The standard InChI is InChI=1S/C40H45N3O7S/c1-26-35(25-51-38-34(39(47)48)11-8-22-42-38)49-40(50-37(26)30-15-13-28(24-44)14-16-30)31-19-17-29(18-20-31)33-10-6-5-9-32(33)23-43-36(46)12-4-3-7-21-41-27(2)45/h5-6,8-11,13-20,22,26,35,37,40,44H,3-4,7,12,21,23-25H2,1-2H3,(H,41,45)(H,43,46)(H,47,48)/t26-,35+,37+,40+/m1/s1. The zero-order chi connectivity index (χ0) is 36.2. The number of amides is 2. The number of carbonyl (C=O) groups is 3. The van der Waals surface area contributed by atoms with Crippen molar-refractivity contribution < 1.29 is 34.1 Å². The van der Waals surface area contributed by atoms with Gasteiger partial charge in [0.1, 0.15) is 5.03 Å². The normalized spacial score (nSPS) is 18.6. The van der Waals surface area contributed by atoms with Crippen LogP contribution < -0.4 is 10.6 Å². The highest BCUT2D eigenvalue weighted by molar-refractivity contribution is 7.99. The number of nitrogens with zero attached hydrogens (tertiary/aromatic N) is 1. The molecule has 1 saturated heterocycles. The average molecular weight is 712 g/mol. The van der Waals surface area contributed by atoms with Gasteiger partial charge in [0.25, 0.3) is 0 Å².